The summed E-state index contributed by atoms with van der Waals surface area (Å²) in [6.45, 7) is 3.62. The number of aromatic amines is 1. The molecule has 7 nitrogen and oxygen atoms in total. The summed E-state index contributed by atoms with van der Waals surface area (Å²) in [6, 6.07) is 9.76. The van der Waals surface area contributed by atoms with E-state index in [1.54, 1.807) is 0 Å². The van der Waals surface area contributed by atoms with E-state index in [0.717, 1.165) is 10.6 Å². The molecular weight excluding hydrogens is 370 g/mol. The number of amides is 1. The van der Waals surface area contributed by atoms with Gasteiger partial charge in [-0.3, -0.25) is 14.9 Å². The third-order valence-corrected chi connectivity index (χ3v) is 5.16. The number of anilines is 1. The minimum absolute atomic E-state index is 0.124. The van der Waals surface area contributed by atoms with E-state index in [-0.39, 0.29) is 17.2 Å². The highest BCUT2D eigenvalue weighted by atomic mass is 32.2. The summed E-state index contributed by atoms with van der Waals surface area (Å²) >= 11 is 2.48. The molecule has 3 aromatic rings. The SMILES string of the molecule is Cc1nnc(NC(=O)CSc2nc(C)c(Cc3ccccc3)c(=O)[nH]2)s1. The Balaban J connectivity index is 1.64. The summed E-state index contributed by atoms with van der Waals surface area (Å²) in [4.78, 5) is 31.5. The van der Waals surface area contributed by atoms with Crippen molar-refractivity contribution in [3.8, 4) is 0 Å². The van der Waals surface area contributed by atoms with Crippen LogP contribution in [0, 0.1) is 13.8 Å². The van der Waals surface area contributed by atoms with Crippen molar-refractivity contribution in [3.05, 3.63) is 62.5 Å². The van der Waals surface area contributed by atoms with Gasteiger partial charge in [-0.05, 0) is 19.4 Å². The first-order valence-electron chi connectivity index (χ1n) is 7.88. The van der Waals surface area contributed by atoms with Crippen molar-refractivity contribution < 1.29 is 4.79 Å². The summed E-state index contributed by atoms with van der Waals surface area (Å²) in [5, 5.41) is 12.0. The summed E-state index contributed by atoms with van der Waals surface area (Å²) in [5.74, 6) is -0.0983. The fraction of sp³-hybridized carbons (Fsp3) is 0.235. The molecule has 1 aromatic carbocycles. The number of hydrogen-bond acceptors (Lipinski definition) is 7. The molecule has 1 amide bonds. The average molecular weight is 387 g/mol. The summed E-state index contributed by atoms with van der Waals surface area (Å²) in [5.41, 5.74) is 2.17. The molecule has 0 unspecified atom stereocenters. The minimum atomic E-state index is -0.222. The maximum atomic E-state index is 12.4. The molecule has 2 N–H and O–H groups in total. The fourth-order valence-electron chi connectivity index (χ4n) is 2.30. The van der Waals surface area contributed by atoms with Gasteiger partial charge in [0.2, 0.25) is 11.0 Å². The zero-order chi connectivity index (χ0) is 18.5. The zero-order valence-electron chi connectivity index (χ0n) is 14.3. The number of benzene rings is 1. The molecule has 0 spiro atoms. The van der Waals surface area contributed by atoms with Crippen LogP contribution in [0.5, 0.6) is 0 Å². The lowest BCUT2D eigenvalue weighted by Crippen LogP contribution is -2.19. The largest absolute Gasteiger partial charge is 0.301 e. The minimum Gasteiger partial charge on any atom is -0.301 e. The van der Waals surface area contributed by atoms with Gasteiger partial charge in [-0.1, -0.05) is 53.4 Å². The van der Waals surface area contributed by atoms with E-state index in [4.69, 9.17) is 0 Å². The Hall–Kier alpha value is -2.52. The van der Waals surface area contributed by atoms with Gasteiger partial charge in [0, 0.05) is 17.7 Å². The topological polar surface area (TPSA) is 101 Å². The monoisotopic (exact) mass is 387 g/mol. The molecule has 134 valence electrons. The predicted molar refractivity (Wildman–Crippen MR) is 103 cm³/mol. The molecule has 0 saturated heterocycles. The molecule has 0 aliphatic carbocycles. The Kier molecular flexibility index (Phi) is 5.79. The van der Waals surface area contributed by atoms with E-state index in [1.807, 2.05) is 44.2 Å². The van der Waals surface area contributed by atoms with Gasteiger partial charge in [-0.15, -0.1) is 10.2 Å². The second kappa shape index (κ2) is 8.24. The molecular formula is C17H17N5O2S2. The van der Waals surface area contributed by atoms with Crippen molar-refractivity contribution >= 4 is 34.1 Å². The first kappa shape index (κ1) is 18.3. The zero-order valence-corrected chi connectivity index (χ0v) is 15.9. The van der Waals surface area contributed by atoms with Crippen molar-refractivity contribution in [2.24, 2.45) is 0 Å². The Morgan fingerprint density at radius 3 is 2.65 bits per heavy atom. The van der Waals surface area contributed by atoms with E-state index in [9.17, 15) is 9.59 Å². The van der Waals surface area contributed by atoms with Crippen molar-refractivity contribution in [1.82, 2.24) is 20.2 Å². The van der Waals surface area contributed by atoms with Gasteiger partial charge < -0.3 is 4.98 Å². The number of H-pyrrole nitrogens is 1. The second-order valence-electron chi connectivity index (χ2n) is 5.56. The smallest absolute Gasteiger partial charge is 0.255 e. The lowest BCUT2D eigenvalue weighted by Gasteiger charge is -2.07. The van der Waals surface area contributed by atoms with Crippen LogP contribution in [0.2, 0.25) is 0 Å². The Bertz CT molecular complexity index is 969. The van der Waals surface area contributed by atoms with Crippen LogP contribution in [0.15, 0.2) is 40.3 Å². The second-order valence-corrected chi connectivity index (χ2v) is 7.71. The van der Waals surface area contributed by atoms with Gasteiger partial charge in [-0.25, -0.2) is 4.98 Å². The van der Waals surface area contributed by atoms with Crippen LogP contribution in [-0.2, 0) is 11.2 Å². The molecule has 0 bridgehead atoms. The maximum Gasteiger partial charge on any atom is 0.255 e. The van der Waals surface area contributed by atoms with Crippen LogP contribution in [-0.4, -0.2) is 31.8 Å². The van der Waals surface area contributed by atoms with Crippen LogP contribution >= 0.6 is 23.1 Å². The average Bonchev–Trinajstić information content (AvgIpc) is 3.02. The Labute approximate surface area is 158 Å². The quantitative estimate of drug-likeness (QED) is 0.498. The molecule has 2 heterocycles. The van der Waals surface area contributed by atoms with Crippen LogP contribution in [0.1, 0.15) is 21.8 Å². The number of aryl methyl sites for hydroxylation is 2. The van der Waals surface area contributed by atoms with Crippen LogP contribution < -0.4 is 10.9 Å². The van der Waals surface area contributed by atoms with Gasteiger partial charge in [0.25, 0.3) is 5.56 Å². The number of rotatable bonds is 6. The van der Waals surface area contributed by atoms with Gasteiger partial charge in [0.1, 0.15) is 5.01 Å². The number of nitrogens with one attached hydrogen (secondary N) is 2. The van der Waals surface area contributed by atoms with E-state index in [1.165, 1.54) is 23.1 Å². The third kappa shape index (κ3) is 4.77. The summed E-state index contributed by atoms with van der Waals surface area (Å²) in [6.07, 6.45) is 0.525. The Morgan fingerprint density at radius 1 is 1.23 bits per heavy atom. The van der Waals surface area contributed by atoms with Crippen molar-refractivity contribution in [3.63, 3.8) is 0 Å². The number of thioether (sulfide) groups is 1. The molecule has 9 heteroatoms. The standard InChI is InChI=1S/C17H17N5O2S2/c1-10-13(8-12-6-4-3-5-7-12)15(24)20-16(18-10)25-9-14(23)19-17-22-21-11(2)26-17/h3-7H,8-9H2,1-2H3,(H,18,20,24)(H,19,22,23). The first-order valence-corrected chi connectivity index (χ1v) is 9.68. The highest BCUT2D eigenvalue weighted by molar-refractivity contribution is 7.99. The fourth-order valence-corrected chi connectivity index (χ4v) is 3.61. The van der Waals surface area contributed by atoms with Gasteiger partial charge >= 0.3 is 0 Å². The molecule has 0 fully saturated rings. The van der Waals surface area contributed by atoms with Crippen molar-refractivity contribution in [2.75, 3.05) is 11.1 Å². The number of nitrogens with zero attached hydrogens (tertiary/aromatic N) is 3. The van der Waals surface area contributed by atoms with E-state index in [2.05, 4.69) is 25.5 Å². The van der Waals surface area contributed by atoms with Gasteiger partial charge in [0.05, 0.1) is 5.75 Å². The van der Waals surface area contributed by atoms with Crippen LogP contribution in [0.3, 0.4) is 0 Å². The van der Waals surface area contributed by atoms with E-state index in [0.29, 0.717) is 28.0 Å². The van der Waals surface area contributed by atoms with Crippen molar-refractivity contribution in [2.45, 2.75) is 25.4 Å². The van der Waals surface area contributed by atoms with E-state index >= 15 is 0 Å². The van der Waals surface area contributed by atoms with E-state index < -0.39 is 0 Å². The lowest BCUT2D eigenvalue weighted by molar-refractivity contribution is -0.113. The first-order chi connectivity index (χ1) is 12.5. The molecule has 0 aliphatic heterocycles. The summed E-state index contributed by atoms with van der Waals surface area (Å²) in [7, 11) is 0. The highest BCUT2D eigenvalue weighted by Crippen LogP contribution is 2.17. The number of carbonyl (C=O) groups is 1. The number of carbonyl (C=O) groups excluding carboxylic acids is 1. The van der Waals surface area contributed by atoms with Crippen LogP contribution in [0.4, 0.5) is 5.13 Å². The summed E-state index contributed by atoms with van der Waals surface area (Å²) < 4.78 is 0. The molecule has 0 aliphatic rings. The third-order valence-electron chi connectivity index (χ3n) is 3.54. The predicted octanol–water partition coefficient (Wildman–Crippen LogP) is 2.56. The maximum absolute atomic E-state index is 12.4. The highest BCUT2D eigenvalue weighted by Gasteiger charge is 2.12. The molecule has 0 radical (unpaired) electrons. The lowest BCUT2D eigenvalue weighted by atomic mass is 10.1. The number of aromatic nitrogens is 4. The molecule has 26 heavy (non-hydrogen) atoms. The molecule has 0 atom stereocenters. The van der Waals surface area contributed by atoms with Gasteiger partial charge in [-0.2, -0.15) is 0 Å². The van der Waals surface area contributed by atoms with Crippen LogP contribution in [0.25, 0.3) is 0 Å². The normalized spacial score (nSPS) is 10.7. The van der Waals surface area contributed by atoms with Crippen molar-refractivity contribution in [1.29, 1.82) is 0 Å². The molecule has 2 aromatic heterocycles. The molecule has 3 rings (SSSR count). The Morgan fingerprint density at radius 2 is 2.00 bits per heavy atom. The molecule has 0 saturated carbocycles. The number of hydrogen-bond donors (Lipinski definition) is 2. The van der Waals surface area contributed by atoms with Gasteiger partial charge in [0.15, 0.2) is 5.16 Å².